The van der Waals surface area contributed by atoms with Gasteiger partial charge in [-0.15, -0.1) is 0 Å². The van der Waals surface area contributed by atoms with E-state index < -0.39 is 28.5 Å². The van der Waals surface area contributed by atoms with Crippen LogP contribution in [0.3, 0.4) is 0 Å². The fraction of sp³-hybridized carbons (Fsp3) is 0.417. The molecule has 0 saturated heterocycles. The number of sulfonamides is 1. The molecule has 0 fully saturated rings. The summed E-state index contributed by atoms with van der Waals surface area (Å²) in [5.41, 5.74) is 1.51. The highest BCUT2D eigenvalue weighted by Crippen LogP contribution is 2.16. The van der Waals surface area contributed by atoms with Gasteiger partial charge in [-0.2, -0.15) is 4.31 Å². The highest BCUT2D eigenvalue weighted by atomic mass is 32.2. The second-order valence-corrected chi connectivity index (χ2v) is 9.91. The predicted octanol–water partition coefficient (Wildman–Crippen LogP) is 1.37. The summed E-state index contributed by atoms with van der Waals surface area (Å²) in [6.07, 6.45) is 1.45. The number of ether oxygens (including phenoxy) is 1. The summed E-state index contributed by atoms with van der Waals surface area (Å²) in [5.74, 6) is -0.228. The lowest BCUT2D eigenvalue weighted by Crippen LogP contribution is -2.51. The maximum Gasteiger partial charge on any atom is 0.242 e. The molecule has 10 heteroatoms. The number of nitrogens with one attached hydrogen (secondary N) is 1. The van der Waals surface area contributed by atoms with Gasteiger partial charge in [0, 0.05) is 26.2 Å². The first kappa shape index (κ1) is 27.3. The van der Waals surface area contributed by atoms with Crippen LogP contribution < -0.4 is 10.1 Å². The van der Waals surface area contributed by atoms with Gasteiger partial charge in [0.1, 0.15) is 11.8 Å². The summed E-state index contributed by atoms with van der Waals surface area (Å²) in [7, 11) is -2.14. The van der Waals surface area contributed by atoms with Crippen LogP contribution in [0, 0.1) is 0 Å². The van der Waals surface area contributed by atoms with Gasteiger partial charge in [0.15, 0.2) is 0 Å². The van der Waals surface area contributed by atoms with Crippen LogP contribution in [0.2, 0.25) is 0 Å². The zero-order chi connectivity index (χ0) is 25.1. The lowest BCUT2D eigenvalue weighted by Gasteiger charge is -2.31. The van der Waals surface area contributed by atoms with Crippen LogP contribution in [0.4, 0.5) is 0 Å². The van der Waals surface area contributed by atoms with Gasteiger partial charge < -0.3 is 20.1 Å². The molecule has 9 nitrogen and oxygen atoms in total. The Morgan fingerprint density at radius 2 is 1.65 bits per heavy atom. The smallest absolute Gasteiger partial charge is 0.242 e. The Morgan fingerprint density at radius 3 is 2.21 bits per heavy atom. The fourth-order valence-corrected chi connectivity index (χ4v) is 4.00. The molecule has 0 spiro atoms. The third kappa shape index (κ3) is 8.44. The van der Waals surface area contributed by atoms with Gasteiger partial charge in [-0.3, -0.25) is 9.59 Å². The third-order valence-electron chi connectivity index (χ3n) is 5.30. The molecule has 0 bridgehead atoms. The van der Waals surface area contributed by atoms with Crippen LogP contribution in [-0.2, 0) is 32.7 Å². The van der Waals surface area contributed by atoms with E-state index in [1.54, 1.807) is 62.6 Å². The van der Waals surface area contributed by atoms with Crippen LogP contribution >= 0.6 is 0 Å². The molecule has 0 saturated carbocycles. The Labute approximate surface area is 201 Å². The average molecular weight is 492 g/mol. The maximum atomic E-state index is 13.4. The van der Waals surface area contributed by atoms with Crippen molar-refractivity contribution in [2.24, 2.45) is 0 Å². The van der Waals surface area contributed by atoms with E-state index in [0.29, 0.717) is 12.2 Å². The lowest BCUT2D eigenvalue weighted by molar-refractivity contribution is -0.140. The summed E-state index contributed by atoms with van der Waals surface area (Å²) < 4.78 is 31.1. The number of aliphatic hydroxyl groups is 1. The molecule has 0 aromatic heterocycles. The number of rotatable bonds is 13. The van der Waals surface area contributed by atoms with E-state index in [1.165, 1.54) is 4.90 Å². The van der Waals surface area contributed by atoms with Crippen molar-refractivity contribution in [3.8, 4) is 5.75 Å². The van der Waals surface area contributed by atoms with Crippen molar-refractivity contribution < 1.29 is 27.9 Å². The zero-order valence-electron chi connectivity index (χ0n) is 19.8. The SMILES string of the molecule is COc1ccc(CN(C(=O)CN(Cc2ccccc2)S(C)(=O)=O)[C@@H](C)C(=O)NCCCO)cc1. The van der Waals surface area contributed by atoms with Gasteiger partial charge in [-0.25, -0.2) is 8.42 Å². The molecule has 2 N–H and O–H groups in total. The molecular weight excluding hydrogens is 458 g/mol. The van der Waals surface area contributed by atoms with E-state index in [0.717, 1.165) is 21.7 Å². The Bertz CT molecular complexity index is 1030. The summed E-state index contributed by atoms with van der Waals surface area (Å²) in [5, 5.41) is 11.7. The van der Waals surface area contributed by atoms with E-state index in [2.05, 4.69) is 5.32 Å². The van der Waals surface area contributed by atoms with E-state index in [4.69, 9.17) is 9.84 Å². The van der Waals surface area contributed by atoms with Crippen molar-refractivity contribution in [1.82, 2.24) is 14.5 Å². The minimum atomic E-state index is -3.70. The number of benzene rings is 2. The molecule has 0 aliphatic carbocycles. The summed E-state index contributed by atoms with van der Waals surface area (Å²) >= 11 is 0. The van der Waals surface area contributed by atoms with Crippen molar-refractivity contribution in [3.63, 3.8) is 0 Å². The van der Waals surface area contributed by atoms with Crippen LogP contribution in [0.15, 0.2) is 54.6 Å². The number of methoxy groups -OCH3 is 1. The molecule has 0 aliphatic rings. The predicted molar refractivity (Wildman–Crippen MR) is 129 cm³/mol. The average Bonchev–Trinajstić information content (AvgIpc) is 2.82. The number of carbonyl (C=O) groups excluding carboxylic acids is 2. The quantitative estimate of drug-likeness (QED) is 0.409. The molecule has 0 unspecified atom stereocenters. The molecule has 0 aliphatic heterocycles. The van der Waals surface area contributed by atoms with Crippen LogP contribution in [0.1, 0.15) is 24.5 Å². The number of hydrogen-bond acceptors (Lipinski definition) is 6. The van der Waals surface area contributed by atoms with E-state index >= 15 is 0 Å². The Balaban J connectivity index is 2.26. The Morgan fingerprint density at radius 1 is 1.03 bits per heavy atom. The summed E-state index contributed by atoms with van der Waals surface area (Å²) in [6.45, 7) is 1.55. The molecule has 0 heterocycles. The zero-order valence-corrected chi connectivity index (χ0v) is 20.6. The maximum absolute atomic E-state index is 13.4. The van der Waals surface area contributed by atoms with Gasteiger partial charge >= 0.3 is 0 Å². The van der Waals surface area contributed by atoms with Crippen molar-refractivity contribution in [3.05, 3.63) is 65.7 Å². The normalized spacial score (nSPS) is 12.3. The molecule has 2 aromatic carbocycles. The largest absolute Gasteiger partial charge is 0.497 e. The van der Waals surface area contributed by atoms with Crippen molar-refractivity contribution in [1.29, 1.82) is 0 Å². The van der Waals surface area contributed by atoms with E-state index in [-0.39, 0.29) is 32.1 Å². The number of nitrogens with zero attached hydrogens (tertiary/aromatic N) is 2. The van der Waals surface area contributed by atoms with Gasteiger partial charge in [0.05, 0.1) is 19.9 Å². The Kier molecular flexibility index (Phi) is 10.5. The second kappa shape index (κ2) is 13.1. The number of amides is 2. The van der Waals surface area contributed by atoms with Gasteiger partial charge in [-0.1, -0.05) is 42.5 Å². The standard InChI is InChI=1S/C24H33N3O6S/c1-19(24(30)25-14-7-15-28)27(17-21-10-12-22(33-2)13-11-21)23(29)18-26(34(3,31)32)16-20-8-5-4-6-9-20/h4-6,8-13,19,28H,7,14-18H2,1-3H3,(H,25,30)/t19-/m0/s1. The first-order valence-corrected chi connectivity index (χ1v) is 12.8. The van der Waals surface area contributed by atoms with E-state index in [1.807, 2.05) is 6.07 Å². The van der Waals surface area contributed by atoms with Gasteiger partial charge in [0.25, 0.3) is 0 Å². The minimum absolute atomic E-state index is 0.0405. The minimum Gasteiger partial charge on any atom is -0.497 e. The number of hydrogen-bond donors (Lipinski definition) is 2. The molecule has 2 rings (SSSR count). The van der Waals surface area contributed by atoms with Gasteiger partial charge in [0.2, 0.25) is 21.8 Å². The topological polar surface area (TPSA) is 116 Å². The van der Waals surface area contributed by atoms with Crippen LogP contribution in [0.5, 0.6) is 5.75 Å². The number of carbonyl (C=O) groups is 2. The first-order chi connectivity index (χ1) is 16.2. The van der Waals surface area contributed by atoms with Crippen molar-refractivity contribution >= 4 is 21.8 Å². The molecule has 186 valence electrons. The highest BCUT2D eigenvalue weighted by Gasteiger charge is 2.29. The Hall–Kier alpha value is -2.95. The third-order valence-corrected chi connectivity index (χ3v) is 6.49. The van der Waals surface area contributed by atoms with Crippen LogP contribution in [-0.4, -0.2) is 73.6 Å². The lowest BCUT2D eigenvalue weighted by atomic mass is 10.1. The molecule has 34 heavy (non-hydrogen) atoms. The second-order valence-electron chi connectivity index (χ2n) is 7.93. The highest BCUT2D eigenvalue weighted by molar-refractivity contribution is 7.88. The first-order valence-electron chi connectivity index (χ1n) is 11.0. The molecule has 2 aromatic rings. The molecular formula is C24H33N3O6S. The summed E-state index contributed by atoms with van der Waals surface area (Å²) in [6, 6.07) is 15.2. The molecule has 2 amide bonds. The van der Waals surface area contributed by atoms with Crippen LogP contribution in [0.25, 0.3) is 0 Å². The summed E-state index contributed by atoms with van der Waals surface area (Å²) in [4.78, 5) is 27.4. The fourth-order valence-electron chi connectivity index (χ4n) is 3.27. The monoisotopic (exact) mass is 491 g/mol. The molecule has 0 radical (unpaired) electrons. The number of aliphatic hydroxyl groups excluding tert-OH is 1. The van der Waals surface area contributed by atoms with Gasteiger partial charge in [-0.05, 0) is 36.6 Å². The van der Waals surface area contributed by atoms with Crippen molar-refractivity contribution in [2.75, 3.05) is 33.1 Å². The van der Waals surface area contributed by atoms with E-state index in [9.17, 15) is 18.0 Å². The van der Waals surface area contributed by atoms with Crippen molar-refractivity contribution in [2.45, 2.75) is 32.5 Å². The molecule has 1 atom stereocenters.